The number of hydrogen-bond acceptors (Lipinski definition) is 2. The van der Waals surface area contributed by atoms with Crippen molar-refractivity contribution in [3.63, 3.8) is 0 Å². The zero-order chi connectivity index (χ0) is 14.1. The van der Waals surface area contributed by atoms with Crippen LogP contribution in [0.3, 0.4) is 0 Å². The van der Waals surface area contributed by atoms with E-state index in [9.17, 15) is 13.6 Å². The number of amides is 1. The first-order valence-corrected chi connectivity index (χ1v) is 5.83. The summed E-state index contributed by atoms with van der Waals surface area (Å²) in [5.74, 6) is -2.62. The lowest BCUT2D eigenvalue weighted by Crippen LogP contribution is -2.15. The number of carbonyl (C=O) groups excluding carboxylic acids is 1. The fraction of sp³-hybridized carbons (Fsp3) is 0. The number of aromatic amines is 1. The molecule has 0 saturated heterocycles. The van der Waals surface area contributed by atoms with Gasteiger partial charge in [-0.25, -0.2) is 8.78 Å². The molecule has 1 heterocycles. The first-order chi connectivity index (χ1) is 9.65. The molecular formula is C14H9F2N3O. The van der Waals surface area contributed by atoms with Crippen molar-refractivity contribution in [2.45, 2.75) is 0 Å². The summed E-state index contributed by atoms with van der Waals surface area (Å²) < 4.78 is 27.0. The number of benzene rings is 2. The number of H-pyrrole nitrogens is 1. The molecule has 0 aliphatic carbocycles. The van der Waals surface area contributed by atoms with Crippen molar-refractivity contribution in [3.8, 4) is 0 Å². The number of nitrogens with zero attached hydrogens (tertiary/aromatic N) is 1. The lowest BCUT2D eigenvalue weighted by molar-refractivity contribution is 0.101. The van der Waals surface area contributed by atoms with E-state index in [1.54, 1.807) is 24.4 Å². The van der Waals surface area contributed by atoms with E-state index < -0.39 is 23.1 Å². The van der Waals surface area contributed by atoms with E-state index in [2.05, 4.69) is 15.5 Å². The van der Waals surface area contributed by atoms with Gasteiger partial charge in [-0.1, -0.05) is 6.07 Å². The Morgan fingerprint density at radius 2 is 1.90 bits per heavy atom. The number of fused-ring (bicyclic) bond motifs is 1. The Morgan fingerprint density at radius 1 is 1.15 bits per heavy atom. The van der Waals surface area contributed by atoms with Crippen LogP contribution in [0.15, 0.2) is 42.6 Å². The Kier molecular flexibility index (Phi) is 2.90. The summed E-state index contributed by atoms with van der Waals surface area (Å²) in [6, 6.07) is 8.29. The molecular weight excluding hydrogens is 264 g/mol. The minimum atomic E-state index is -0.896. The Labute approximate surface area is 112 Å². The minimum absolute atomic E-state index is 0.437. The number of anilines is 1. The van der Waals surface area contributed by atoms with E-state index in [-0.39, 0.29) is 0 Å². The Hall–Kier alpha value is -2.76. The molecule has 2 N–H and O–H groups in total. The molecule has 1 aromatic heterocycles. The smallest absolute Gasteiger partial charge is 0.261 e. The number of carbonyl (C=O) groups is 1. The molecule has 20 heavy (non-hydrogen) atoms. The van der Waals surface area contributed by atoms with Crippen LogP contribution < -0.4 is 5.32 Å². The van der Waals surface area contributed by atoms with Crippen LogP contribution >= 0.6 is 0 Å². The molecule has 1 amide bonds. The van der Waals surface area contributed by atoms with E-state index in [4.69, 9.17) is 0 Å². The molecule has 0 unspecified atom stereocenters. The zero-order valence-corrected chi connectivity index (χ0v) is 10.2. The normalized spacial score (nSPS) is 10.7. The summed E-state index contributed by atoms with van der Waals surface area (Å²) in [5, 5.41) is 9.87. The number of halogens is 2. The van der Waals surface area contributed by atoms with Gasteiger partial charge < -0.3 is 5.32 Å². The molecule has 0 radical (unpaired) electrons. The van der Waals surface area contributed by atoms with E-state index in [0.717, 1.165) is 23.0 Å². The third-order valence-corrected chi connectivity index (χ3v) is 2.89. The highest BCUT2D eigenvalue weighted by molar-refractivity contribution is 6.05. The lowest BCUT2D eigenvalue weighted by atomic mass is 10.1. The van der Waals surface area contributed by atoms with Crippen molar-refractivity contribution in [3.05, 3.63) is 59.8 Å². The lowest BCUT2D eigenvalue weighted by Gasteiger charge is -2.07. The molecule has 6 heteroatoms. The molecule has 2 aromatic carbocycles. The van der Waals surface area contributed by atoms with Crippen molar-refractivity contribution in [2.24, 2.45) is 0 Å². The highest BCUT2D eigenvalue weighted by atomic mass is 19.1. The Bertz CT molecular complexity index is 778. The van der Waals surface area contributed by atoms with Gasteiger partial charge in [0.25, 0.3) is 5.91 Å². The van der Waals surface area contributed by atoms with Crippen LogP contribution in [0.4, 0.5) is 14.5 Å². The molecule has 0 bridgehead atoms. The molecule has 100 valence electrons. The largest absolute Gasteiger partial charge is 0.322 e. The molecule has 4 nitrogen and oxygen atoms in total. The van der Waals surface area contributed by atoms with Gasteiger partial charge in [-0.05, 0) is 30.3 Å². The van der Waals surface area contributed by atoms with Gasteiger partial charge in [0.05, 0.1) is 11.7 Å². The number of nitrogens with one attached hydrogen (secondary N) is 2. The predicted molar refractivity (Wildman–Crippen MR) is 70.4 cm³/mol. The van der Waals surface area contributed by atoms with Gasteiger partial charge >= 0.3 is 0 Å². The van der Waals surface area contributed by atoms with Crippen LogP contribution in [-0.2, 0) is 0 Å². The zero-order valence-electron chi connectivity index (χ0n) is 10.2. The second-order valence-electron chi connectivity index (χ2n) is 4.22. The minimum Gasteiger partial charge on any atom is -0.322 e. The summed E-state index contributed by atoms with van der Waals surface area (Å²) in [6.45, 7) is 0. The van der Waals surface area contributed by atoms with Crippen molar-refractivity contribution in [1.29, 1.82) is 0 Å². The number of aromatic nitrogens is 2. The Morgan fingerprint density at radius 3 is 2.65 bits per heavy atom. The highest BCUT2D eigenvalue weighted by Gasteiger charge is 2.17. The van der Waals surface area contributed by atoms with Crippen LogP contribution in [0.1, 0.15) is 10.4 Å². The van der Waals surface area contributed by atoms with Crippen LogP contribution in [-0.4, -0.2) is 16.1 Å². The molecule has 3 rings (SSSR count). The van der Waals surface area contributed by atoms with Gasteiger partial charge in [0.2, 0.25) is 0 Å². The van der Waals surface area contributed by atoms with Crippen molar-refractivity contribution in [1.82, 2.24) is 10.2 Å². The van der Waals surface area contributed by atoms with Gasteiger partial charge in [0.1, 0.15) is 17.2 Å². The van der Waals surface area contributed by atoms with Gasteiger partial charge in [-0.3, -0.25) is 9.89 Å². The standard InChI is InChI=1S/C14H9F2N3O/c15-10-2-1-3-11(16)13(10)14(20)18-9-4-5-12-8(6-9)7-17-19-12/h1-7H,(H,17,19)(H,18,20). The van der Waals surface area contributed by atoms with Crippen molar-refractivity contribution >= 4 is 22.5 Å². The summed E-state index contributed by atoms with van der Waals surface area (Å²) in [6.07, 6.45) is 1.59. The third-order valence-electron chi connectivity index (χ3n) is 2.89. The summed E-state index contributed by atoms with van der Waals surface area (Å²) >= 11 is 0. The first-order valence-electron chi connectivity index (χ1n) is 5.83. The summed E-state index contributed by atoms with van der Waals surface area (Å²) in [5.41, 5.74) is 0.645. The number of hydrogen-bond donors (Lipinski definition) is 2. The second-order valence-corrected chi connectivity index (χ2v) is 4.22. The highest BCUT2D eigenvalue weighted by Crippen LogP contribution is 2.19. The monoisotopic (exact) mass is 273 g/mol. The molecule has 0 fully saturated rings. The van der Waals surface area contributed by atoms with Gasteiger partial charge in [0.15, 0.2) is 0 Å². The van der Waals surface area contributed by atoms with Crippen molar-refractivity contribution in [2.75, 3.05) is 5.32 Å². The first kappa shape index (κ1) is 12.3. The van der Waals surface area contributed by atoms with E-state index in [0.29, 0.717) is 5.69 Å². The van der Waals surface area contributed by atoms with Crippen molar-refractivity contribution < 1.29 is 13.6 Å². The maximum absolute atomic E-state index is 13.5. The molecule has 0 saturated carbocycles. The van der Waals surface area contributed by atoms with Crippen LogP contribution in [0.2, 0.25) is 0 Å². The number of rotatable bonds is 2. The SMILES string of the molecule is O=C(Nc1ccc2[nH]ncc2c1)c1c(F)cccc1F. The molecule has 3 aromatic rings. The van der Waals surface area contributed by atoms with Gasteiger partial charge in [0, 0.05) is 11.1 Å². The van der Waals surface area contributed by atoms with Gasteiger partial charge in [-0.15, -0.1) is 0 Å². The fourth-order valence-electron chi connectivity index (χ4n) is 1.93. The fourth-order valence-corrected chi connectivity index (χ4v) is 1.93. The predicted octanol–water partition coefficient (Wildman–Crippen LogP) is 3.09. The maximum atomic E-state index is 13.5. The maximum Gasteiger partial charge on any atom is 0.261 e. The van der Waals surface area contributed by atoms with E-state index in [1.165, 1.54) is 6.07 Å². The second kappa shape index (κ2) is 4.73. The van der Waals surface area contributed by atoms with E-state index in [1.807, 2.05) is 0 Å². The van der Waals surface area contributed by atoms with Crippen LogP contribution in [0, 0.1) is 11.6 Å². The summed E-state index contributed by atoms with van der Waals surface area (Å²) in [7, 11) is 0. The third kappa shape index (κ3) is 2.11. The quantitative estimate of drug-likeness (QED) is 0.753. The Balaban J connectivity index is 1.92. The molecule has 0 aliphatic heterocycles. The van der Waals surface area contributed by atoms with E-state index >= 15 is 0 Å². The average molecular weight is 273 g/mol. The topological polar surface area (TPSA) is 57.8 Å². The van der Waals surface area contributed by atoms with Gasteiger partial charge in [-0.2, -0.15) is 5.10 Å². The molecule has 0 atom stereocenters. The summed E-state index contributed by atoms with van der Waals surface area (Å²) in [4.78, 5) is 11.9. The average Bonchev–Trinajstić information content (AvgIpc) is 2.85. The molecule has 0 spiro atoms. The van der Waals surface area contributed by atoms with Crippen LogP contribution in [0.25, 0.3) is 10.9 Å². The van der Waals surface area contributed by atoms with Crippen LogP contribution in [0.5, 0.6) is 0 Å². The molecule has 0 aliphatic rings.